The number of hydrogen-bond acceptors (Lipinski definition) is 5. The molecule has 0 saturated carbocycles. The highest BCUT2D eigenvalue weighted by atomic mass is 16.5. The molecule has 1 aliphatic rings. The highest BCUT2D eigenvalue weighted by Crippen LogP contribution is 2.45. The van der Waals surface area contributed by atoms with E-state index in [1.165, 1.54) is 22.4 Å². The standard InChI is InChI=1S/C39H37N5O/c1-27-20-31(39(3,4)5)21-28(2)37(27)43-26-42(36-18-11-19-40-38(36)43)32-14-9-16-34(22-32)45-35-17-10-15-33(23-35)44-25-30(24-41-44)29-12-7-6-8-13-29/h6-25H,26H2,1-5H3. The number of nitrogens with zero attached hydrogens (tertiary/aromatic N) is 5. The third kappa shape index (κ3) is 5.55. The van der Waals surface area contributed by atoms with Crippen molar-refractivity contribution in [3.63, 3.8) is 0 Å². The number of rotatable bonds is 6. The lowest BCUT2D eigenvalue weighted by Crippen LogP contribution is -2.25. The van der Waals surface area contributed by atoms with Gasteiger partial charge in [-0.1, -0.05) is 75.4 Å². The van der Waals surface area contributed by atoms with Gasteiger partial charge in [-0.3, -0.25) is 0 Å². The third-order valence-electron chi connectivity index (χ3n) is 8.36. The molecule has 6 aromatic rings. The Labute approximate surface area is 265 Å². The van der Waals surface area contributed by atoms with Gasteiger partial charge in [0.05, 0.1) is 23.3 Å². The molecule has 4 aromatic carbocycles. The van der Waals surface area contributed by atoms with Gasteiger partial charge in [-0.15, -0.1) is 0 Å². The Morgan fingerprint density at radius 1 is 0.689 bits per heavy atom. The minimum Gasteiger partial charge on any atom is -0.457 e. The van der Waals surface area contributed by atoms with Crippen LogP contribution in [0.25, 0.3) is 16.8 Å². The quantitative estimate of drug-likeness (QED) is 0.193. The van der Waals surface area contributed by atoms with Gasteiger partial charge < -0.3 is 14.5 Å². The Morgan fingerprint density at radius 3 is 2.09 bits per heavy atom. The van der Waals surface area contributed by atoms with Crippen molar-refractivity contribution < 1.29 is 4.74 Å². The van der Waals surface area contributed by atoms with Crippen molar-refractivity contribution in [3.8, 4) is 28.3 Å². The Bertz CT molecular complexity index is 1970. The van der Waals surface area contributed by atoms with Crippen molar-refractivity contribution >= 4 is 22.9 Å². The number of aryl methyl sites for hydroxylation is 2. The van der Waals surface area contributed by atoms with Crippen LogP contribution in [-0.4, -0.2) is 21.4 Å². The van der Waals surface area contributed by atoms with Crippen LogP contribution in [0.4, 0.5) is 22.9 Å². The van der Waals surface area contributed by atoms with E-state index < -0.39 is 0 Å². The average molecular weight is 592 g/mol. The predicted molar refractivity (Wildman–Crippen MR) is 184 cm³/mol. The molecule has 0 unspecified atom stereocenters. The van der Waals surface area contributed by atoms with Crippen LogP contribution in [0, 0.1) is 13.8 Å². The second-order valence-electron chi connectivity index (χ2n) is 12.7. The van der Waals surface area contributed by atoms with Gasteiger partial charge in [-0.05, 0) is 77.9 Å². The highest BCUT2D eigenvalue weighted by molar-refractivity contribution is 5.86. The molecule has 0 spiro atoms. The summed E-state index contributed by atoms with van der Waals surface area (Å²) in [5.74, 6) is 2.47. The van der Waals surface area contributed by atoms with Crippen molar-refractivity contribution in [2.45, 2.75) is 40.0 Å². The van der Waals surface area contributed by atoms with Crippen LogP contribution in [0.5, 0.6) is 11.5 Å². The summed E-state index contributed by atoms with van der Waals surface area (Å²) in [5.41, 5.74) is 10.4. The van der Waals surface area contributed by atoms with Crippen molar-refractivity contribution in [1.82, 2.24) is 14.8 Å². The third-order valence-corrected chi connectivity index (χ3v) is 8.36. The van der Waals surface area contributed by atoms with Crippen LogP contribution in [0.15, 0.2) is 122 Å². The molecule has 6 nitrogen and oxygen atoms in total. The number of ether oxygens (including phenoxy) is 1. The zero-order valence-electron chi connectivity index (χ0n) is 26.4. The van der Waals surface area contributed by atoms with Crippen LogP contribution >= 0.6 is 0 Å². The van der Waals surface area contributed by atoms with Crippen LogP contribution in [-0.2, 0) is 5.41 Å². The van der Waals surface area contributed by atoms with E-state index in [1.54, 1.807) is 0 Å². The van der Waals surface area contributed by atoms with Crippen LogP contribution in [0.2, 0.25) is 0 Å². The molecule has 0 bridgehead atoms. The number of benzene rings is 4. The smallest absolute Gasteiger partial charge is 0.158 e. The topological polar surface area (TPSA) is 46.4 Å². The molecular formula is C39H37N5O. The fourth-order valence-corrected chi connectivity index (χ4v) is 6.09. The summed E-state index contributed by atoms with van der Waals surface area (Å²) in [7, 11) is 0. The SMILES string of the molecule is Cc1cc(C(C)(C)C)cc(C)c1N1CN(c2cccc(Oc3cccc(-n4cc(-c5ccccc5)cn4)c3)c2)c2cccnc21. The lowest BCUT2D eigenvalue weighted by atomic mass is 9.84. The molecule has 0 atom stereocenters. The molecule has 7 rings (SSSR count). The van der Waals surface area contributed by atoms with Gasteiger partial charge in [-0.25, -0.2) is 9.67 Å². The maximum absolute atomic E-state index is 6.42. The molecule has 0 amide bonds. The first-order valence-corrected chi connectivity index (χ1v) is 15.3. The summed E-state index contributed by atoms with van der Waals surface area (Å²) in [6, 6.07) is 35.3. The number of hydrogen-bond donors (Lipinski definition) is 0. The monoisotopic (exact) mass is 591 g/mol. The van der Waals surface area contributed by atoms with Crippen LogP contribution < -0.4 is 14.5 Å². The van der Waals surface area contributed by atoms with Gasteiger partial charge in [0.1, 0.15) is 18.2 Å². The van der Waals surface area contributed by atoms with Crippen molar-refractivity contribution in [2.24, 2.45) is 0 Å². The van der Waals surface area contributed by atoms with Crippen molar-refractivity contribution in [2.75, 3.05) is 16.5 Å². The van der Waals surface area contributed by atoms with E-state index in [0.717, 1.165) is 45.5 Å². The second kappa shape index (κ2) is 11.3. The summed E-state index contributed by atoms with van der Waals surface area (Å²) >= 11 is 0. The molecule has 0 N–H and O–H groups in total. The van der Waals surface area contributed by atoms with Crippen LogP contribution in [0.3, 0.4) is 0 Å². The molecule has 0 saturated heterocycles. The summed E-state index contributed by atoms with van der Waals surface area (Å²) in [6.45, 7) is 11.9. The molecule has 1 aliphatic heterocycles. The predicted octanol–water partition coefficient (Wildman–Crippen LogP) is 9.89. The minimum absolute atomic E-state index is 0.0880. The van der Waals surface area contributed by atoms with Crippen molar-refractivity contribution in [3.05, 3.63) is 138 Å². The molecule has 45 heavy (non-hydrogen) atoms. The minimum atomic E-state index is 0.0880. The maximum Gasteiger partial charge on any atom is 0.158 e. The largest absolute Gasteiger partial charge is 0.457 e. The first-order valence-electron chi connectivity index (χ1n) is 15.3. The van der Waals surface area contributed by atoms with Gasteiger partial charge in [0, 0.05) is 35.8 Å². The Morgan fingerprint density at radius 2 is 1.38 bits per heavy atom. The highest BCUT2D eigenvalue weighted by Gasteiger charge is 2.31. The normalized spacial score (nSPS) is 12.8. The summed E-state index contributed by atoms with van der Waals surface area (Å²) < 4.78 is 8.30. The first kappa shape index (κ1) is 28.4. The van der Waals surface area contributed by atoms with E-state index in [2.05, 4.69) is 92.0 Å². The van der Waals surface area contributed by atoms with E-state index in [9.17, 15) is 0 Å². The lowest BCUT2D eigenvalue weighted by Gasteiger charge is -2.27. The second-order valence-corrected chi connectivity index (χ2v) is 12.7. The molecule has 224 valence electrons. The summed E-state index contributed by atoms with van der Waals surface area (Å²) in [4.78, 5) is 9.47. The first-order chi connectivity index (χ1) is 21.7. The average Bonchev–Trinajstić information content (AvgIpc) is 3.68. The Kier molecular flexibility index (Phi) is 7.13. The zero-order valence-corrected chi connectivity index (χ0v) is 26.4. The molecule has 2 aromatic heterocycles. The van der Waals surface area contributed by atoms with E-state index in [0.29, 0.717) is 6.67 Å². The fourth-order valence-electron chi connectivity index (χ4n) is 6.09. The summed E-state index contributed by atoms with van der Waals surface area (Å²) in [6.07, 6.45) is 5.80. The van der Waals surface area contributed by atoms with E-state index >= 15 is 0 Å². The zero-order chi connectivity index (χ0) is 31.1. The van der Waals surface area contributed by atoms with Gasteiger partial charge in [0.15, 0.2) is 5.82 Å². The van der Waals surface area contributed by atoms with E-state index in [4.69, 9.17) is 9.72 Å². The fraction of sp³-hybridized carbons (Fsp3) is 0.179. The van der Waals surface area contributed by atoms with Gasteiger partial charge in [0.25, 0.3) is 0 Å². The van der Waals surface area contributed by atoms with E-state index in [-0.39, 0.29) is 5.41 Å². The van der Waals surface area contributed by atoms with Crippen molar-refractivity contribution in [1.29, 1.82) is 0 Å². The number of anilines is 4. The number of pyridine rings is 1. The van der Waals surface area contributed by atoms with E-state index in [1.807, 2.05) is 83.9 Å². The van der Waals surface area contributed by atoms with Gasteiger partial charge >= 0.3 is 0 Å². The molecular weight excluding hydrogens is 554 g/mol. The Balaban J connectivity index is 1.16. The molecule has 0 radical (unpaired) electrons. The van der Waals surface area contributed by atoms with Gasteiger partial charge in [-0.2, -0.15) is 5.10 Å². The molecule has 0 fully saturated rings. The Hall–Kier alpha value is -5.36. The lowest BCUT2D eigenvalue weighted by molar-refractivity contribution is 0.482. The van der Waals surface area contributed by atoms with Gasteiger partial charge in [0.2, 0.25) is 0 Å². The summed E-state index contributed by atoms with van der Waals surface area (Å²) in [5, 5.41) is 4.60. The van der Waals surface area contributed by atoms with Crippen LogP contribution in [0.1, 0.15) is 37.5 Å². The maximum atomic E-state index is 6.42. The molecule has 6 heteroatoms. The number of fused-ring (bicyclic) bond motifs is 1. The molecule has 3 heterocycles. The molecule has 0 aliphatic carbocycles. The number of aromatic nitrogens is 3.